The zero-order valence-corrected chi connectivity index (χ0v) is 12.6. The Morgan fingerprint density at radius 3 is 2.90 bits per heavy atom. The van der Waals surface area contributed by atoms with Gasteiger partial charge in [0.25, 0.3) is 5.91 Å². The largest absolute Gasteiger partial charge is 0.508 e. The van der Waals surface area contributed by atoms with Crippen LogP contribution in [0.5, 0.6) is 5.75 Å². The van der Waals surface area contributed by atoms with Crippen LogP contribution in [0.25, 0.3) is 0 Å². The van der Waals surface area contributed by atoms with Gasteiger partial charge >= 0.3 is 0 Å². The number of nitrogens with one attached hydrogen (secondary N) is 1. The van der Waals surface area contributed by atoms with E-state index in [4.69, 9.17) is 11.6 Å². The van der Waals surface area contributed by atoms with Crippen molar-refractivity contribution in [3.8, 4) is 5.75 Å². The van der Waals surface area contributed by atoms with E-state index < -0.39 is 5.91 Å². The second-order valence-corrected chi connectivity index (χ2v) is 6.19. The summed E-state index contributed by atoms with van der Waals surface area (Å²) in [6.07, 6.45) is 0.820. The minimum absolute atomic E-state index is 0.0164. The van der Waals surface area contributed by atoms with Gasteiger partial charge in [0.05, 0.1) is 10.6 Å². The molecule has 1 aromatic heterocycles. The smallest absolute Gasteiger partial charge is 0.259 e. The van der Waals surface area contributed by atoms with Crippen LogP contribution in [0.1, 0.15) is 29.2 Å². The van der Waals surface area contributed by atoms with Crippen molar-refractivity contribution in [1.82, 2.24) is 10.2 Å². The summed E-state index contributed by atoms with van der Waals surface area (Å²) in [7, 11) is 0. The van der Waals surface area contributed by atoms with Crippen molar-refractivity contribution < 1.29 is 9.90 Å². The van der Waals surface area contributed by atoms with Crippen LogP contribution in [0.4, 0.5) is 5.13 Å². The molecule has 0 atom stereocenters. The van der Waals surface area contributed by atoms with Crippen molar-refractivity contribution in [3.05, 3.63) is 33.8 Å². The second-order valence-electron chi connectivity index (χ2n) is 4.72. The van der Waals surface area contributed by atoms with Gasteiger partial charge in [-0.05, 0) is 24.1 Å². The summed E-state index contributed by atoms with van der Waals surface area (Å²) in [5.41, 5.74) is 0.201. The standard InChI is InChI=1S/C13H14ClN3O2S/c1-7(2)5-11-16-17-13(20-11)15-12(19)9-6-8(18)3-4-10(9)14/h3-4,6-7,18H,5H2,1-2H3,(H,15,17,19). The molecule has 1 amide bonds. The number of aromatic hydroxyl groups is 1. The van der Waals surface area contributed by atoms with Crippen molar-refractivity contribution >= 4 is 34.0 Å². The molecule has 0 fully saturated rings. The highest BCUT2D eigenvalue weighted by molar-refractivity contribution is 7.15. The lowest BCUT2D eigenvalue weighted by molar-refractivity contribution is 0.102. The van der Waals surface area contributed by atoms with Gasteiger partial charge in [0.2, 0.25) is 5.13 Å². The first-order chi connectivity index (χ1) is 9.45. The number of rotatable bonds is 4. The molecule has 0 bridgehead atoms. The van der Waals surface area contributed by atoms with Crippen LogP contribution in [-0.4, -0.2) is 21.2 Å². The highest BCUT2D eigenvalue weighted by Gasteiger charge is 2.14. The molecule has 0 spiro atoms. The number of benzene rings is 1. The molecule has 2 aromatic rings. The normalized spacial score (nSPS) is 10.8. The third kappa shape index (κ3) is 3.68. The van der Waals surface area contributed by atoms with E-state index in [2.05, 4.69) is 29.4 Å². The molecule has 0 aliphatic heterocycles. The van der Waals surface area contributed by atoms with E-state index in [1.807, 2.05) is 0 Å². The Bertz CT molecular complexity index is 628. The van der Waals surface area contributed by atoms with Gasteiger partial charge < -0.3 is 5.11 Å². The van der Waals surface area contributed by atoms with E-state index in [0.717, 1.165) is 11.4 Å². The lowest BCUT2D eigenvalue weighted by Crippen LogP contribution is -2.12. The Balaban J connectivity index is 2.11. The number of phenolic OH excluding ortho intramolecular Hbond substituents is 1. The van der Waals surface area contributed by atoms with E-state index in [1.165, 1.54) is 29.5 Å². The van der Waals surface area contributed by atoms with Crippen molar-refractivity contribution in [2.45, 2.75) is 20.3 Å². The number of phenols is 1. The quantitative estimate of drug-likeness (QED) is 0.908. The van der Waals surface area contributed by atoms with E-state index in [1.54, 1.807) is 0 Å². The number of halogens is 1. The zero-order valence-electron chi connectivity index (χ0n) is 11.1. The van der Waals surface area contributed by atoms with Gasteiger partial charge in [-0.1, -0.05) is 36.8 Å². The van der Waals surface area contributed by atoms with E-state index in [-0.39, 0.29) is 16.3 Å². The molecular formula is C13H14ClN3O2S. The van der Waals surface area contributed by atoms with Gasteiger partial charge in [-0.2, -0.15) is 0 Å². The third-order valence-electron chi connectivity index (χ3n) is 2.46. The predicted octanol–water partition coefficient (Wildman–Crippen LogP) is 3.35. The summed E-state index contributed by atoms with van der Waals surface area (Å²) in [6, 6.07) is 4.20. The van der Waals surface area contributed by atoms with Gasteiger partial charge in [0.1, 0.15) is 10.8 Å². The monoisotopic (exact) mass is 311 g/mol. The first-order valence-corrected chi connectivity index (χ1v) is 7.27. The lowest BCUT2D eigenvalue weighted by Gasteiger charge is -2.04. The van der Waals surface area contributed by atoms with Crippen LogP contribution in [0, 0.1) is 5.92 Å². The molecule has 0 unspecified atom stereocenters. The van der Waals surface area contributed by atoms with E-state index in [0.29, 0.717) is 11.0 Å². The van der Waals surface area contributed by atoms with Crippen molar-refractivity contribution in [2.24, 2.45) is 5.92 Å². The summed E-state index contributed by atoms with van der Waals surface area (Å²) in [5, 5.41) is 21.5. The summed E-state index contributed by atoms with van der Waals surface area (Å²) in [5.74, 6) is 0.0440. The first-order valence-electron chi connectivity index (χ1n) is 6.08. The first kappa shape index (κ1) is 14.7. The van der Waals surface area contributed by atoms with Gasteiger partial charge in [-0.15, -0.1) is 10.2 Å². The molecule has 1 aromatic carbocycles. The van der Waals surface area contributed by atoms with Crippen molar-refractivity contribution in [1.29, 1.82) is 0 Å². The van der Waals surface area contributed by atoms with Gasteiger partial charge in [0.15, 0.2) is 0 Å². The maximum absolute atomic E-state index is 12.1. The third-order valence-corrected chi connectivity index (χ3v) is 3.66. The second kappa shape index (κ2) is 6.19. The van der Waals surface area contributed by atoms with Crippen LogP contribution in [-0.2, 0) is 6.42 Å². The molecule has 2 N–H and O–H groups in total. The topological polar surface area (TPSA) is 75.1 Å². The maximum atomic E-state index is 12.1. The molecule has 7 heteroatoms. The van der Waals surface area contributed by atoms with E-state index >= 15 is 0 Å². The van der Waals surface area contributed by atoms with Gasteiger partial charge in [-0.3, -0.25) is 10.1 Å². The van der Waals surface area contributed by atoms with Crippen LogP contribution < -0.4 is 5.32 Å². The summed E-state index contributed by atoms with van der Waals surface area (Å²) in [6.45, 7) is 4.18. The van der Waals surface area contributed by atoms with Crippen molar-refractivity contribution in [3.63, 3.8) is 0 Å². The summed E-state index contributed by atoms with van der Waals surface area (Å²) < 4.78 is 0. The Kier molecular flexibility index (Phi) is 4.57. The molecule has 2 rings (SSSR count). The molecule has 0 aliphatic rings. The zero-order chi connectivity index (χ0) is 14.7. The SMILES string of the molecule is CC(C)Cc1nnc(NC(=O)c2cc(O)ccc2Cl)s1. The Morgan fingerprint density at radius 1 is 1.45 bits per heavy atom. The molecule has 0 saturated heterocycles. The van der Waals surface area contributed by atoms with Gasteiger partial charge in [0, 0.05) is 6.42 Å². The van der Waals surface area contributed by atoms with Crippen LogP contribution in [0.15, 0.2) is 18.2 Å². The highest BCUT2D eigenvalue weighted by atomic mass is 35.5. The average molecular weight is 312 g/mol. The number of amides is 1. The predicted molar refractivity (Wildman–Crippen MR) is 79.5 cm³/mol. The lowest BCUT2D eigenvalue weighted by atomic mass is 10.1. The number of nitrogens with zero attached hydrogens (tertiary/aromatic N) is 2. The maximum Gasteiger partial charge on any atom is 0.259 e. The fraction of sp³-hybridized carbons (Fsp3) is 0.308. The Morgan fingerprint density at radius 2 is 2.20 bits per heavy atom. The molecule has 1 heterocycles. The average Bonchev–Trinajstić information content (AvgIpc) is 2.78. The molecule has 0 aliphatic carbocycles. The molecule has 20 heavy (non-hydrogen) atoms. The number of anilines is 1. The fourth-order valence-corrected chi connectivity index (χ4v) is 2.74. The van der Waals surface area contributed by atoms with Crippen LogP contribution >= 0.6 is 22.9 Å². The number of hydrogen-bond acceptors (Lipinski definition) is 5. The van der Waals surface area contributed by atoms with Crippen LogP contribution in [0.2, 0.25) is 5.02 Å². The highest BCUT2D eigenvalue weighted by Crippen LogP contribution is 2.24. The van der Waals surface area contributed by atoms with Crippen LogP contribution in [0.3, 0.4) is 0 Å². The Labute approximate surface area is 125 Å². The summed E-state index contributed by atoms with van der Waals surface area (Å²) >= 11 is 7.26. The number of hydrogen-bond donors (Lipinski definition) is 2. The minimum Gasteiger partial charge on any atom is -0.508 e. The molecule has 106 valence electrons. The molecular weight excluding hydrogens is 298 g/mol. The molecule has 5 nitrogen and oxygen atoms in total. The van der Waals surface area contributed by atoms with Gasteiger partial charge in [-0.25, -0.2) is 0 Å². The Hall–Kier alpha value is -1.66. The van der Waals surface area contributed by atoms with E-state index in [9.17, 15) is 9.90 Å². The number of carbonyl (C=O) groups excluding carboxylic acids is 1. The number of carbonyl (C=O) groups is 1. The number of aromatic nitrogens is 2. The van der Waals surface area contributed by atoms with Crippen molar-refractivity contribution in [2.75, 3.05) is 5.32 Å². The molecule has 0 radical (unpaired) electrons. The minimum atomic E-state index is -0.418. The molecule has 0 saturated carbocycles. The fourth-order valence-electron chi connectivity index (χ4n) is 1.59. The summed E-state index contributed by atoms with van der Waals surface area (Å²) in [4.78, 5) is 12.1.